The number of nitrogens with two attached hydrogens (primary N) is 1. The molecule has 0 saturated carbocycles. The van der Waals surface area contributed by atoms with Crippen molar-refractivity contribution in [3.05, 3.63) is 0 Å². The van der Waals surface area contributed by atoms with E-state index in [0.717, 1.165) is 0 Å². The minimum atomic E-state index is -0.636. The highest BCUT2D eigenvalue weighted by Gasteiger charge is 2.68. The molecule has 3 amide bonds. The summed E-state index contributed by atoms with van der Waals surface area (Å²) in [4.78, 5) is 67.7. The number of aliphatic imine (C=N–C) groups is 2. The van der Waals surface area contributed by atoms with E-state index in [1.807, 2.05) is 6.92 Å². The number of imide groups is 1. The van der Waals surface area contributed by atoms with Gasteiger partial charge in [-0.05, 0) is 13.5 Å². The van der Waals surface area contributed by atoms with Crippen molar-refractivity contribution in [2.75, 3.05) is 41.3 Å². The first kappa shape index (κ1) is 30.9. The van der Waals surface area contributed by atoms with E-state index in [-0.39, 0.29) is 49.6 Å². The van der Waals surface area contributed by atoms with Crippen molar-refractivity contribution in [1.82, 2.24) is 10.2 Å². The normalized spacial score (nSPS) is 26.9. The number of hydrogen-bond donors (Lipinski definition) is 2. The summed E-state index contributed by atoms with van der Waals surface area (Å²) in [5, 5.41) is 2.42. The Morgan fingerprint density at radius 3 is 2.17 bits per heavy atom. The van der Waals surface area contributed by atoms with Crippen LogP contribution in [0.2, 0.25) is 0 Å². The van der Waals surface area contributed by atoms with E-state index in [0.29, 0.717) is 6.42 Å². The Balaban J connectivity index is 0.000000826. The van der Waals surface area contributed by atoms with Crippen LogP contribution in [0.1, 0.15) is 33.1 Å². The molecule has 3 aliphatic heterocycles. The standard InChI is InChI=1S/C19H26N2O8.C3H6N2.CH5N/c1-9-15-13-14(17(29-15)16(9)28-10(2)22)19(26)21(18(13)25)7-4-8-27-12(24)6-5-11(23)20-3;1-4-3-5-2;1-2/h9,13-17H,4-8H2,1-3H3,(H,20,23);1-2H3;2H2,1H3/t9-,13?,14?,15-,16?,17?;;/m1../s1. The van der Waals surface area contributed by atoms with E-state index in [1.165, 1.54) is 25.9 Å². The van der Waals surface area contributed by atoms with Crippen LogP contribution in [0.15, 0.2) is 9.98 Å². The zero-order valence-electron chi connectivity index (χ0n) is 21.7. The first-order valence-corrected chi connectivity index (χ1v) is 11.7. The van der Waals surface area contributed by atoms with Gasteiger partial charge in [0.1, 0.15) is 12.2 Å². The molecule has 3 heterocycles. The molecule has 0 radical (unpaired) electrons. The lowest BCUT2D eigenvalue weighted by molar-refractivity contribution is -0.154. The number of hydrogen-bond acceptors (Lipinski definition) is 11. The monoisotopic (exact) mass is 511 g/mol. The fraction of sp³-hybridized carbons (Fsp3) is 0.739. The topological polar surface area (TPSA) is 179 Å². The number of carbonyl (C=O) groups excluding carboxylic acids is 5. The van der Waals surface area contributed by atoms with Gasteiger partial charge in [-0.2, -0.15) is 0 Å². The van der Waals surface area contributed by atoms with Gasteiger partial charge in [0, 0.05) is 47.0 Å². The Morgan fingerprint density at radius 1 is 1.08 bits per heavy atom. The minimum absolute atomic E-state index is 0.0263. The molecule has 13 nitrogen and oxygen atoms in total. The summed E-state index contributed by atoms with van der Waals surface area (Å²) in [5.74, 6) is -3.17. The van der Waals surface area contributed by atoms with Gasteiger partial charge in [-0.3, -0.25) is 28.9 Å². The van der Waals surface area contributed by atoms with Crippen molar-refractivity contribution < 1.29 is 38.2 Å². The summed E-state index contributed by atoms with van der Waals surface area (Å²) < 4.78 is 16.2. The first-order chi connectivity index (χ1) is 17.2. The number of esters is 2. The molecule has 3 saturated heterocycles. The van der Waals surface area contributed by atoms with Crippen molar-refractivity contribution in [3.63, 3.8) is 0 Å². The summed E-state index contributed by atoms with van der Waals surface area (Å²) in [6.07, 6.45) is -1.25. The second-order valence-corrected chi connectivity index (χ2v) is 8.17. The van der Waals surface area contributed by atoms with E-state index in [4.69, 9.17) is 14.2 Å². The molecule has 36 heavy (non-hydrogen) atoms. The highest BCUT2D eigenvalue weighted by Crippen LogP contribution is 2.52. The molecule has 0 aliphatic carbocycles. The molecule has 0 spiro atoms. The number of rotatable bonds is 8. The van der Waals surface area contributed by atoms with Crippen molar-refractivity contribution >= 4 is 35.7 Å². The Hall–Kier alpha value is -3.15. The fourth-order valence-corrected chi connectivity index (χ4v) is 4.54. The van der Waals surface area contributed by atoms with Crippen LogP contribution in [0.5, 0.6) is 0 Å². The van der Waals surface area contributed by atoms with Crippen LogP contribution < -0.4 is 11.1 Å². The molecule has 3 N–H and O–H groups in total. The van der Waals surface area contributed by atoms with Gasteiger partial charge < -0.3 is 25.3 Å². The lowest BCUT2D eigenvalue weighted by Crippen LogP contribution is -2.45. The summed E-state index contributed by atoms with van der Waals surface area (Å²) in [5.41, 5.74) is 4.50. The van der Waals surface area contributed by atoms with Crippen molar-refractivity contribution in [3.8, 4) is 0 Å². The van der Waals surface area contributed by atoms with Gasteiger partial charge in [-0.15, -0.1) is 0 Å². The van der Waals surface area contributed by atoms with Gasteiger partial charge in [0.2, 0.25) is 17.7 Å². The molecule has 6 atom stereocenters. The molecule has 0 aromatic carbocycles. The zero-order valence-corrected chi connectivity index (χ0v) is 21.7. The van der Waals surface area contributed by atoms with Crippen LogP contribution >= 0.6 is 0 Å². The number of nitrogens with one attached hydrogen (secondary N) is 1. The van der Waals surface area contributed by atoms with Gasteiger partial charge in [0.25, 0.3) is 0 Å². The highest BCUT2D eigenvalue weighted by atomic mass is 16.6. The highest BCUT2D eigenvalue weighted by molar-refractivity contribution is 6.06. The van der Waals surface area contributed by atoms with Crippen LogP contribution in [-0.2, 0) is 38.2 Å². The van der Waals surface area contributed by atoms with Gasteiger partial charge in [-0.1, -0.05) is 6.92 Å². The molecule has 4 unspecified atom stereocenters. The number of likely N-dealkylation sites (tertiary alicyclic amines) is 1. The van der Waals surface area contributed by atoms with Crippen LogP contribution in [-0.4, -0.2) is 100 Å². The van der Waals surface area contributed by atoms with Crippen LogP contribution in [0.3, 0.4) is 0 Å². The maximum atomic E-state index is 12.8. The fourth-order valence-electron chi connectivity index (χ4n) is 4.54. The van der Waals surface area contributed by atoms with Crippen LogP contribution in [0, 0.1) is 17.8 Å². The third kappa shape index (κ3) is 7.42. The lowest BCUT2D eigenvalue weighted by Gasteiger charge is -2.29. The summed E-state index contributed by atoms with van der Waals surface area (Å²) in [6.45, 7) is 3.35. The van der Waals surface area contributed by atoms with Crippen LogP contribution in [0.4, 0.5) is 0 Å². The van der Waals surface area contributed by atoms with E-state index in [9.17, 15) is 24.0 Å². The molecule has 2 bridgehead atoms. The predicted octanol–water partition coefficient (Wildman–Crippen LogP) is -0.609. The average Bonchev–Trinajstić information content (AvgIpc) is 3.47. The smallest absolute Gasteiger partial charge is 0.306 e. The molecule has 3 fully saturated rings. The Labute approximate surface area is 210 Å². The van der Waals surface area contributed by atoms with Crippen molar-refractivity contribution in [2.24, 2.45) is 33.5 Å². The summed E-state index contributed by atoms with van der Waals surface area (Å²) >= 11 is 0. The maximum Gasteiger partial charge on any atom is 0.306 e. The van der Waals surface area contributed by atoms with E-state index < -0.39 is 42.1 Å². The molecular weight excluding hydrogens is 474 g/mol. The first-order valence-electron chi connectivity index (χ1n) is 11.7. The Morgan fingerprint density at radius 2 is 1.67 bits per heavy atom. The average molecular weight is 512 g/mol. The van der Waals surface area contributed by atoms with Crippen molar-refractivity contribution in [1.29, 1.82) is 0 Å². The van der Waals surface area contributed by atoms with Crippen LogP contribution in [0.25, 0.3) is 0 Å². The third-order valence-electron chi connectivity index (χ3n) is 6.00. The maximum absolute atomic E-state index is 12.8. The number of amides is 3. The predicted molar refractivity (Wildman–Crippen MR) is 128 cm³/mol. The molecule has 13 heteroatoms. The van der Waals surface area contributed by atoms with E-state index in [2.05, 4.69) is 27.0 Å². The molecule has 0 aromatic heterocycles. The molecule has 0 aromatic rings. The summed E-state index contributed by atoms with van der Waals surface area (Å²) in [7, 11) is 6.25. The number of nitrogens with zero attached hydrogens (tertiary/aromatic N) is 3. The molecule has 202 valence electrons. The number of fused-ring (bicyclic) bond motifs is 5. The van der Waals surface area contributed by atoms with E-state index in [1.54, 1.807) is 14.1 Å². The zero-order chi connectivity index (χ0) is 27.4. The molecule has 3 aliphatic rings. The second kappa shape index (κ2) is 15.1. The van der Waals surface area contributed by atoms with Gasteiger partial charge in [0.05, 0.1) is 37.0 Å². The quantitative estimate of drug-likeness (QED) is 0.186. The molecular formula is C23H37N5O8. The Bertz CT molecular complexity index is 867. The van der Waals surface area contributed by atoms with Crippen molar-refractivity contribution in [2.45, 2.75) is 51.4 Å². The van der Waals surface area contributed by atoms with E-state index >= 15 is 0 Å². The SMILES string of the molecule is CN.CN=C=NC.CNC(=O)CCC(=O)OCCCN1C(=O)C2C3O[C@@H](C2C1=O)[C@@H](C)C3OC(C)=O. The Kier molecular flexibility index (Phi) is 12.9. The lowest BCUT2D eigenvalue weighted by atomic mass is 9.74. The van der Waals surface area contributed by atoms with Gasteiger partial charge in [-0.25, -0.2) is 9.98 Å². The van der Waals surface area contributed by atoms with Gasteiger partial charge in [0.15, 0.2) is 0 Å². The largest absolute Gasteiger partial charge is 0.466 e. The second-order valence-electron chi connectivity index (χ2n) is 8.17. The molecule has 3 rings (SSSR count). The number of carbonyl (C=O) groups is 5. The minimum Gasteiger partial charge on any atom is -0.466 e. The van der Waals surface area contributed by atoms with Gasteiger partial charge >= 0.3 is 11.9 Å². The number of ether oxygens (including phenoxy) is 3. The third-order valence-corrected chi connectivity index (χ3v) is 6.00. The summed E-state index contributed by atoms with van der Waals surface area (Å²) in [6, 6.07) is 2.36.